The number of benzene rings is 2. The first-order chi connectivity index (χ1) is 10.2. The molecule has 0 heterocycles. The van der Waals surface area contributed by atoms with E-state index in [0.29, 0.717) is 0 Å². The lowest BCUT2D eigenvalue weighted by Gasteiger charge is -2.36. The van der Waals surface area contributed by atoms with E-state index in [9.17, 15) is 0 Å². The van der Waals surface area contributed by atoms with Crippen molar-refractivity contribution >= 4 is 20.1 Å². The lowest BCUT2D eigenvalue weighted by atomic mass is 10.1. The van der Waals surface area contributed by atoms with Gasteiger partial charge in [-0.05, 0) is 59.8 Å². The van der Waals surface area contributed by atoms with Gasteiger partial charge < -0.3 is 4.43 Å². The average Bonchev–Trinajstić information content (AvgIpc) is 2.47. The van der Waals surface area contributed by atoms with Gasteiger partial charge in [-0.15, -0.1) is 11.8 Å². The summed E-state index contributed by atoms with van der Waals surface area (Å²) < 4.78 is 6.33. The highest BCUT2D eigenvalue weighted by atomic mass is 32.2. The standard InChI is InChI=1S/C19H26OSSi/c1-19(2,3)22(5,6)20-17-11-7-15(8-12-17)16-9-13-18(21-4)14-10-16/h7-14H,1-6H3. The molecule has 2 rings (SSSR count). The molecule has 0 aliphatic carbocycles. The molecule has 0 unspecified atom stereocenters. The van der Waals surface area contributed by atoms with Crippen LogP contribution in [-0.4, -0.2) is 14.6 Å². The van der Waals surface area contributed by atoms with Gasteiger partial charge in [0.05, 0.1) is 0 Å². The second-order valence-electron chi connectivity index (χ2n) is 7.12. The van der Waals surface area contributed by atoms with E-state index in [0.717, 1.165) is 5.75 Å². The molecular weight excluding hydrogens is 304 g/mol. The number of hydrogen-bond donors (Lipinski definition) is 0. The highest BCUT2D eigenvalue weighted by molar-refractivity contribution is 7.98. The number of rotatable bonds is 4. The molecule has 118 valence electrons. The number of thioether (sulfide) groups is 1. The van der Waals surface area contributed by atoms with Gasteiger partial charge in [-0.3, -0.25) is 0 Å². The second-order valence-corrected chi connectivity index (χ2v) is 12.7. The van der Waals surface area contributed by atoms with Gasteiger partial charge in [0, 0.05) is 4.90 Å². The molecule has 0 aliphatic heterocycles. The van der Waals surface area contributed by atoms with Crippen LogP contribution in [0.2, 0.25) is 18.1 Å². The molecule has 22 heavy (non-hydrogen) atoms. The van der Waals surface area contributed by atoms with Crippen molar-refractivity contribution in [3.63, 3.8) is 0 Å². The molecule has 0 bridgehead atoms. The topological polar surface area (TPSA) is 9.23 Å². The van der Waals surface area contributed by atoms with Crippen LogP contribution in [0.15, 0.2) is 53.4 Å². The average molecular weight is 331 g/mol. The van der Waals surface area contributed by atoms with Crippen LogP contribution in [0.4, 0.5) is 0 Å². The summed E-state index contributed by atoms with van der Waals surface area (Å²) in [6.45, 7) is 11.4. The van der Waals surface area contributed by atoms with E-state index < -0.39 is 8.32 Å². The third-order valence-electron chi connectivity index (χ3n) is 4.46. The maximum Gasteiger partial charge on any atom is 0.250 e. The van der Waals surface area contributed by atoms with Crippen molar-refractivity contribution in [1.29, 1.82) is 0 Å². The molecule has 0 saturated heterocycles. The number of hydrogen-bond acceptors (Lipinski definition) is 2. The third-order valence-corrected chi connectivity index (χ3v) is 9.56. The first-order valence-corrected chi connectivity index (χ1v) is 11.8. The summed E-state index contributed by atoms with van der Waals surface area (Å²) in [6.07, 6.45) is 2.10. The Morgan fingerprint density at radius 3 is 1.68 bits per heavy atom. The quantitative estimate of drug-likeness (QED) is 0.470. The van der Waals surface area contributed by atoms with Crippen LogP contribution in [0.1, 0.15) is 20.8 Å². The fourth-order valence-electron chi connectivity index (χ4n) is 1.95. The van der Waals surface area contributed by atoms with Crippen LogP contribution >= 0.6 is 11.8 Å². The molecule has 0 spiro atoms. The zero-order chi connectivity index (χ0) is 16.4. The molecular formula is C19H26OSSi. The highest BCUT2D eigenvalue weighted by Crippen LogP contribution is 2.37. The summed E-state index contributed by atoms with van der Waals surface area (Å²) in [5.74, 6) is 0.982. The predicted molar refractivity (Wildman–Crippen MR) is 101 cm³/mol. The van der Waals surface area contributed by atoms with Crippen LogP contribution < -0.4 is 4.43 Å². The molecule has 0 aliphatic rings. The first-order valence-electron chi connectivity index (χ1n) is 7.66. The molecule has 2 aromatic carbocycles. The molecule has 0 saturated carbocycles. The second kappa shape index (κ2) is 6.51. The lowest BCUT2D eigenvalue weighted by Crippen LogP contribution is -2.43. The minimum atomic E-state index is -1.76. The van der Waals surface area contributed by atoms with Gasteiger partial charge in [-0.1, -0.05) is 45.0 Å². The van der Waals surface area contributed by atoms with Crippen LogP contribution in [0.3, 0.4) is 0 Å². The van der Waals surface area contributed by atoms with E-state index in [4.69, 9.17) is 4.43 Å². The fraction of sp³-hybridized carbons (Fsp3) is 0.368. The Morgan fingerprint density at radius 1 is 0.818 bits per heavy atom. The van der Waals surface area contributed by atoms with Crippen molar-refractivity contribution in [3.8, 4) is 16.9 Å². The molecule has 0 amide bonds. The Kier molecular flexibility index (Phi) is 5.08. The maximum absolute atomic E-state index is 6.33. The van der Waals surface area contributed by atoms with E-state index in [2.05, 4.69) is 88.7 Å². The van der Waals surface area contributed by atoms with E-state index in [1.165, 1.54) is 16.0 Å². The SMILES string of the molecule is CSc1ccc(-c2ccc(O[Si](C)(C)C(C)(C)C)cc2)cc1. The summed E-state index contributed by atoms with van der Waals surface area (Å²) >= 11 is 1.77. The Morgan fingerprint density at radius 2 is 1.27 bits per heavy atom. The Balaban J connectivity index is 2.16. The van der Waals surface area contributed by atoms with Gasteiger partial charge in [-0.2, -0.15) is 0 Å². The van der Waals surface area contributed by atoms with Crippen molar-refractivity contribution in [2.45, 2.75) is 43.8 Å². The minimum absolute atomic E-state index is 0.222. The zero-order valence-corrected chi connectivity index (χ0v) is 16.3. The van der Waals surface area contributed by atoms with Crippen molar-refractivity contribution in [2.24, 2.45) is 0 Å². The minimum Gasteiger partial charge on any atom is -0.544 e. The zero-order valence-electron chi connectivity index (χ0n) is 14.4. The van der Waals surface area contributed by atoms with E-state index in [-0.39, 0.29) is 5.04 Å². The molecule has 2 aromatic rings. The third kappa shape index (κ3) is 3.96. The monoisotopic (exact) mass is 330 g/mol. The van der Waals surface area contributed by atoms with Crippen LogP contribution in [0.25, 0.3) is 11.1 Å². The summed E-state index contributed by atoms with van der Waals surface area (Å²) in [5.41, 5.74) is 2.48. The molecule has 0 atom stereocenters. The Hall–Kier alpha value is -1.19. The largest absolute Gasteiger partial charge is 0.544 e. The fourth-order valence-corrected chi connectivity index (χ4v) is 3.39. The van der Waals surface area contributed by atoms with Crippen molar-refractivity contribution in [2.75, 3.05) is 6.26 Å². The van der Waals surface area contributed by atoms with E-state index >= 15 is 0 Å². The summed E-state index contributed by atoms with van der Waals surface area (Å²) in [7, 11) is -1.76. The molecule has 0 fully saturated rings. The molecule has 1 nitrogen and oxygen atoms in total. The van der Waals surface area contributed by atoms with Crippen molar-refractivity contribution in [3.05, 3.63) is 48.5 Å². The van der Waals surface area contributed by atoms with Gasteiger partial charge in [0.1, 0.15) is 5.75 Å². The highest BCUT2D eigenvalue weighted by Gasteiger charge is 2.38. The van der Waals surface area contributed by atoms with Crippen molar-refractivity contribution in [1.82, 2.24) is 0 Å². The van der Waals surface area contributed by atoms with Gasteiger partial charge in [0.25, 0.3) is 0 Å². The Labute approximate surface area is 140 Å². The lowest BCUT2D eigenvalue weighted by molar-refractivity contribution is 0.492. The molecule has 0 aromatic heterocycles. The van der Waals surface area contributed by atoms with Gasteiger partial charge >= 0.3 is 0 Å². The molecule has 0 radical (unpaired) electrons. The summed E-state index contributed by atoms with van der Waals surface area (Å²) in [6, 6.07) is 17.2. The van der Waals surface area contributed by atoms with Crippen LogP contribution in [0, 0.1) is 0 Å². The molecule has 0 N–H and O–H groups in total. The van der Waals surface area contributed by atoms with Gasteiger partial charge in [0.2, 0.25) is 8.32 Å². The summed E-state index contributed by atoms with van der Waals surface area (Å²) in [4.78, 5) is 1.29. The van der Waals surface area contributed by atoms with Crippen molar-refractivity contribution < 1.29 is 4.43 Å². The first kappa shape index (κ1) is 17.2. The van der Waals surface area contributed by atoms with Gasteiger partial charge in [-0.25, -0.2) is 0 Å². The maximum atomic E-state index is 6.33. The predicted octanol–water partition coefficient (Wildman–Crippen LogP) is 6.46. The summed E-state index contributed by atoms with van der Waals surface area (Å²) in [5, 5.41) is 0.222. The normalized spacial score (nSPS) is 12.3. The smallest absolute Gasteiger partial charge is 0.250 e. The van der Waals surface area contributed by atoms with E-state index in [1.54, 1.807) is 11.8 Å². The van der Waals surface area contributed by atoms with Crippen LogP contribution in [-0.2, 0) is 0 Å². The van der Waals surface area contributed by atoms with E-state index in [1.807, 2.05) is 0 Å². The Bertz CT molecular complexity index is 609. The van der Waals surface area contributed by atoms with Gasteiger partial charge in [0.15, 0.2) is 0 Å². The van der Waals surface area contributed by atoms with Crippen LogP contribution in [0.5, 0.6) is 5.75 Å². The molecule has 3 heteroatoms.